The van der Waals surface area contributed by atoms with Crippen LogP contribution in [0.15, 0.2) is 53.5 Å². The van der Waals surface area contributed by atoms with E-state index in [0.717, 1.165) is 68.6 Å². The van der Waals surface area contributed by atoms with Crippen molar-refractivity contribution >= 4 is 29.9 Å². The number of ether oxygens (including phenoxy) is 2. The molecule has 6 nitrogen and oxygen atoms in total. The number of morpholine rings is 1. The quantitative estimate of drug-likeness (QED) is 0.290. The van der Waals surface area contributed by atoms with Crippen LogP contribution in [-0.2, 0) is 17.7 Å². The Bertz CT molecular complexity index is 798. The van der Waals surface area contributed by atoms with Crippen molar-refractivity contribution in [3.8, 4) is 5.75 Å². The van der Waals surface area contributed by atoms with Crippen LogP contribution >= 0.6 is 24.0 Å². The van der Waals surface area contributed by atoms with Crippen molar-refractivity contribution in [1.82, 2.24) is 15.5 Å². The van der Waals surface area contributed by atoms with Gasteiger partial charge in [0.15, 0.2) is 5.96 Å². The van der Waals surface area contributed by atoms with Gasteiger partial charge in [-0.2, -0.15) is 0 Å². The van der Waals surface area contributed by atoms with Gasteiger partial charge < -0.3 is 20.1 Å². The van der Waals surface area contributed by atoms with E-state index >= 15 is 0 Å². The van der Waals surface area contributed by atoms with E-state index in [4.69, 9.17) is 9.47 Å². The number of nitrogens with zero attached hydrogens (tertiary/aromatic N) is 2. The van der Waals surface area contributed by atoms with Crippen molar-refractivity contribution in [2.24, 2.45) is 4.99 Å². The Morgan fingerprint density at radius 1 is 1.10 bits per heavy atom. The van der Waals surface area contributed by atoms with Crippen LogP contribution in [0.4, 0.5) is 4.39 Å². The summed E-state index contributed by atoms with van der Waals surface area (Å²) in [5.74, 6) is 1.40. The second-order valence-corrected chi connectivity index (χ2v) is 7.18. The van der Waals surface area contributed by atoms with E-state index in [0.29, 0.717) is 13.2 Å². The molecular weight excluding hydrogens is 510 g/mol. The van der Waals surface area contributed by atoms with Crippen LogP contribution in [0.3, 0.4) is 0 Å². The first-order valence-electron chi connectivity index (χ1n) is 10.4. The maximum absolute atomic E-state index is 13.0. The molecule has 170 valence electrons. The molecule has 0 amide bonds. The van der Waals surface area contributed by atoms with Gasteiger partial charge in [0.1, 0.15) is 18.2 Å². The number of hydrogen-bond donors (Lipinski definition) is 2. The molecule has 0 unspecified atom stereocenters. The summed E-state index contributed by atoms with van der Waals surface area (Å²) in [6, 6.07) is 14.7. The van der Waals surface area contributed by atoms with E-state index in [9.17, 15) is 4.39 Å². The molecule has 31 heavy (non-hydrogen) atoms. The molecule has 0 spiro atoms. The summed E-state index contributed by atoms with van der Waals surface area (Å²) in [4.78, 5) is 6.62. The average Bonchev–Trinajstić information content (AvgIpc) is 2.78. The smallest absolute Gasteiger partial charge is 0.191 e. The molecule has 0 bridgehead atoms. The fraction of sp³-hybridized carbons (Fsp3) is 0.435. The first kappa shape index (κ1) is 25.4. The normalized spacial score (nSPS) is 14.6. The number of benzene rings is 2. The topological polar surface area (TPSA) is 58.1 Å². The molecule has 2 N–H and O–H groups in total. The van der Waals surface area contributed by atoms with Crippen molar-refractivity contribution in [3.63, 3.8) is 0 Å². The Kier molecular flexibility index (Phi) is 11.6. The van der Waals surface area contributed by atoms with Gasteiger partial charge in [-0.1, -0.05) is 24.3 Å². The van der Waals surface area contributed by atoms with Gasteiger partial charge in [0.05, 0.1) is 13.2 Å². The Morgan fingerprint density at radius 3 is 2.61 bits per heavy atom. The fourth-order valence-electron chi connectivity index (χ4n) is 3.25. The highest BCUT2D eigenvalue weighted by Gasteiger charge is 2.09. The van der Waals surface area contributed by atoms with E-state index in [2.05, 4.69) is 32.7 Å². The van der Waals surface area contributed by atoms with Crippen LogP contribution in [0.1, 0.15) is 11.1 Å². The molecule has 1 saturated heterocycles. The summed E-state index contributed by atoms with van der Waals surface area (Å²) >= 11 is 0. The van der Waals surface area contributed by atoms with Crippen LogP contribution < -0.4 is 15.4 Å². The van der Waals surface area contributed by atoms with Crippen LogP contribution in [0.25, 0.3) is 0 Å². The van der Waals surface area contributed by atoms with Crippen LogP contribution in [-0.4, -0.2) is 63.9 Å². The van der Waals surface area contributed by atoms with E-state index < -0.39 is 0 Å². The minimum Gasteiger partial charge on any atom is -0.492 e. The van der Waals surface area contributed by atoms with E-state index in [1.807, 2.05) is 12.1 Å². The molecule has 0 radical (unpaired) electrons. The van der Waals surface area contributed by atoms with Crippen LogP contribution in [0, 0.1) is 5.82 Å². The third-order valence-electron chi connectivity index (χ3n) is 4.98. The van der Waals surface area contributed by atoms with Gasteiger partial charge >= 0.3 is 0 Å². The zero-order valence-corrected chi connectivity index (χ0v) is 20.3. The predicted octanol–water partition coefficient (Wildman–Crippen LogP) is 3.06. The number of guanidine groups is 1. The summed E-state index contributed by atoms with van der Waals surface area (Å²) in [6.07, 6.45) is 0.799. The molecule has 1 heterocycles. The Hall–Kier alpha value is -1.91. The van der Waals surface area contributed by atoms with Gasteiger partial charge in [-0.25, -0.2) is 4.39 Å². The highest BCUT2D eigenvalue weighted by molar-refractivity contribution is 14.0. The van der Waals surface area contributed by atoms with E-state index in [1.165, 1.54) is 12.1 Å². The van der Waals surface area contributed by atoms with Gasteiger partial charge in [0.25, 0.3) is 0 Å². The number of hydrogen-bond acceptors (Lipinski definition) is 4. The highest BCUT2D eigenvalue weighted by atomic mass is 127. The Morgan fingerprint density at radius 2 is 1.87 bits per heavy atom. The molecule has 8 heteroatoms. The Labute approximate surface area is 201 Å². The van der Waals surface area contributed by atoms with Gasteiger partial charge in [-0.3, -0.25) is 9.89 Å². The third kappa shape index (κ3) is 9.40. The van der Waals surface area contributed by atoms with Gasteiger partial charge in [-0.15, -0.1) is 24.0 Å². The lowest BCUT2D eigenvalue weighted by molar-refractivity contribution is 0.0322. The predicted molar refractivity (Wildman–Crippen MR) is 133 cm³/mol. The molecule has 2 aromatic rings. The molecule has 0 atom stereocenters. The van der Waals surface area contributed by atoms with E-state index in [1.54, 1.807) is 19.2 Å². The first-order chi connectivity index (χ1) is 14.7. The summed E-state index contributed by atoms with van der Waals surface area (Å²) in [5.41, 5.74) is 2.21. The standard InChI is InChI=1S/C23H31FN4O2.HI/c1-25-23(26-10-9-19-5-7-21(24)8-6-19)27-18-20-3-2-4-22(17-20)30-16-13-28-11-14-29-15-12-28;/h2-8,17H,9-16,18H2,1H3,(H2,25,26,27);1H. The number of aliphatic imine (C=N–C) groups is 1. The molecule has 0 aromatic heterocycles. The van der Waals surface area contributed by atoms with Gasteiger partial charge in [-0.05, 0) is 41.8 Å². The second-order valence-electron chi connectivity index (χ2n) is 7.18. The van der Waals surface area contributed by atoms with Crippen LogP contribution in [0.2, 0.25) is 0 Å². The van der Waals surface area contributed by atoms with Crippen LogP contribution in [0.5, 0.6) is 5.75 Å². The summed E-state index contributed by atoms with van der Waals surface area (Å²) in [5, 5.41) is 6.60. The lowest BCUT2D eigenvalue weighted by Crippen LogP contribution is -2.38. The maximum Gasteiger partial charge on any atom is 0.191 e. The van der Waals surface area contributed by atoms with Crippen molar-refractivity contribution in [2.75, 3.05) is 53.0 Å². The molecule has 1 aliphatic rings. The fourth-order valence-corrected chi connectivity index (χ4v) is 3.25. The lowest BCUT2D eigenvalue weighted by Gasteiger charge is -2.26. The highest BCUT2D eigenvalue weighted by Crippen LogP contribution is 2.13. The number of halogens is 2. The second kappa shape index (κ2) is 14.2. The maximum atomic E-state index is 13.0. The van der Waals surface area contributed by atoms with Crippen molar-refractivity contribution in [2.45, 2.75) is 13.0 Å². The van der Waals surface area contributed by atoms with Gasteiger partial charge in [0, 0.05) is 39.8 Å². The molecule has 2 aromatic carbocycles. The number of rotatable bonds is 9. The molecule has 1 aliphatic heterocycles. The minimum atomic E-state index is -0.212. The SMILES string of the molecule is CN=C(NCCc1ccc(F)cc1)NCc1cccc(OCCN2CCOCC2)c1.I. The van der Waals surface area contributed by atoms with E-state index in [-0.39, 0.29) is 29.8 Å². The molecule has 0 aliphatic carbocycles. The van der Waals surface area contributed by atoms with Gasteiger partial charge in [0.2, 0.25) is 0 Å². The minimum absolute atomic E-state index is 0. The van der Waals surface area contributed by atoms with Crippen molar-refractivity contribution < 1.29 is 13.9 Å². The monoisotopic (exact) mass is 542 g/mol. The summed E-state index contributed by atoms with van der Waals surface area (Å²) in [7, 11) is 1.75. The molecule has 0 saturated carbocycles. The molecular formula is C23H32FIN4O2. The lowest BCUT2D eigenvalue weighted by atomic mass is 10.1. The molecule has 3 rings (SSSR count). The van der Waals surface area contributed by atoms with Crippen molar-refractivity contribution in [3.05, 3.63) is 65.5 Å². The summed E-state index contributed by atoms with van der Waals surface area (Å²) in [6.45, 7) is 6.51. The Balaban J connectivity index is 0.00000341. The number of nitrogens with one attached hydrogen (secondary N) is 2. The zero-order valence-electron chi connectivity index (χ0n) is 18.0. The molecule has 1 fully saturated rings. The summed E-state index contributed by atoms with van der Waals surface area (Å²) < 4.78 is 24.3. The largest absolute Gasteiger partial charge is 0.492 e. The average molecular weight is 542 g/mol. The first-order valence-corrected chi connectivity index (χ1v) is 10.4. The third-order valence-corrected chi connectivity index (χ3v) is 4.98. The van der Waals surface area contributed by atoms with Crippen molar-refractivity contribution in [1.29, 1.82) is 0 Å². The zero-order chi connectivity index (χ0) is 21.0.